The summed E-state index contributed by atoms with van der Waals surface area (Å²) in [5.74, 6) is 0.210. The van der Waals surface area contributed by atoms with Crippen molar-refractivity contribution < 1.29 is 5.11 Å². The number of hydrogen-bond acceptors (Lipinski definition) is 6. The molecule has 3 rings (SSSR count). The van der Waals surface area contributed by atoms with Crippen LogP contribution in [0.1, 0.15) is 5.56 Å². The molecule has 0 aliphatic rings. The van der Waals surface area contributed by atoms with E-state index in [4.69, 9.17) is 0 Å². The number of phenolic OH excluding ortho intramolecular Hbond substituents is 1. The summed E-state index contributed by atoms with van der Waals surface area (Å²) in [7, 11) is 0. The molecular weight excluding hydrogens is 290 g/mol. The SMILES string of the molecule is CSc1nnc(/N=C/c2c(O)ccc3ccccc23)s1. The van der Waals surface area contributed by atoms with E-state index in [-0.39, 0.29) is 5.75 Å². The van der Waals surface area contributed by atoms with Crippen molar-refractivity contribution in [2.24, 2.45) is 4.99 Å². The normalized spacial score (nSPS) is 11.4. The van der Waals surface area contributed by atoms with Crippen molar-refractivity contribution >= 4 is 45.2 Å². The predicted octanol–water partition coefficient (Wildman–Crippen LogP) is 3.87. The molecule has 0 radical (unpaired) electrons. The molecule has 0 bridgehead atoms. The average Bonchev–Trinajstić information content (AvgIpc) is 2.94. The van der Waals surface area contributed by atoms with Gasteiger partial charge in [-0.05, 0) is 23.1 Å². The van der Waals surface area contributed by atoms with Gasteiger partial charge < -0.3 is 5.11 Å². The van der Waals surface area contributed by atoms with Gasteiger partial charge in [0.25, 0.3) is 0 Å². The fourth-order valence-corrected chi connectivity index (χ4v) is 2.98. The Hall–Kier alpha value is -1.92. The summed E-state index contributed by atoms with van der Waals surface area (Å²) in [6, 6.07) is 11.4. The molecule has 0 aliphatic heterocycles. The van der Waals surface area contributed by atoms with Crippen LogP contribution in [-0.2, 0) is 0 Å². The largest absolute Gasteiger partial charge is 0.507 e. The van der Waals surface area contributed by atoms with Gasteiger partial charge in [0.05, 0.1) is 0 Å². The van der Waals surface area contributed by atoms with Crippen LogP contribution in [0.15, 0.2) is 45.7 Å². The standard InChI is InChI=1S/C14H11N3OS2/c1-19-14-17-16-13(20-14)15-8-11-10-5-3-2-4-9(10)6-7-12(11)18/h2-8,18H,1H3/b15-8+. The first-order valence-electron chi connectivity index (χ1n) is 5.90. The van der Waals surface area contributed by atoms with Crippen LogP contribution in [0.3, 0.4) is 0 Å². The van der Waals surface area contributed by atoms with E-state index in [0.717, 1.165) is 15.1 Å². The highest BCUT2D eigenvalue weighted by Gasteiger charge is 2.05. The van der Waals surface area contributed by atoms with E-state index in [1.54, 1.807) is 12.3 Å². The van der Waals surface area contributed by atoms with Crippen LogP contribution in [0.4, 0.5) is 5.13 Å². The summed E-state index contributed by atoms with van der Waals surface area (Å²) >= 11 is 2.96. The third kappa shape index (κ3) is 2.52. The van der Waals surface area contributed by atoms with Crippen LogP contribution in [0.25, 0.3) is 10.8 Å². The summed E-state index contributed by atoms with van der Waals surface area (Å²) in [5, 5.41) is 20.6. The molecule has 0 amide bonds. The topological polar surface area (TPSA) is 58.4 Å². The second-order valence-corrected chi connectivity index (χ2v) is 6.04. The van der Waals surface area contributed by atoms with Gasteiger partial charge in [-0.1, -0.05) is 53.4 Å². The lowest BCUT2D eigenvalue weighted by Crippen LogP contribution is -1.85. The maximum Gasteiger partial charge on any atom is 0.232 e. The molecule has 0 unspecified atom stereocenters. The van der Waals surface area contributed by atoms with Gasteiger partial charge in [0.1, 0.15) is 5.75 Å². The Bertz CT molecular complexity index is 783. The molecule has 1 aromatic heterocycles. The molecule has 0 saturated heterocycles. The van der Waals surface area contributed by atoms with E-state index in [1.165, 1.54) is 23.1 Å². The van der Waals surface area contributed by atoms with Crippen molar-refractivity contribution in [3.63, 3.8) is 0 Å². The zero-order valence-electron chi connectivity index (χ0n) is 10.6. The Kier molecular flexibility index (Phi) is 3.66. The van der Waals surface area contributed by atoms with Gasteiger partial charge >= 0.3 is 0 Å². The van der Waals surface area contributed by atoms with Gasteiger partial charge in [-0.25, -0.2) is 4.99 Å². The number of fused-ring (bicyclic) bond motifs is 1. The van der Waals surface area contributed by atoms with E-state index >= 15 is 0 Å². The lowest BCUT2D eigenvalue weighted by molar-refractivity contribution is 0.475. The predicted molar refractivity (Wildman–Crippen MR) is 84.6 cm³/mol. The Balaban J connectivity index is 2.03. The highest BCUT2D eigenvalue weighted by molar-refractivity contribution is 8.00. The second-order valence-electron chi connectivity index (χ2n) is 4.03. The Morgan fingerprint density at radius 3 is 2.85 bits per heavy atom. The molecule has 0 saturated carbocycles. The first kappa shape index (κ1) is 13.1. The van der Waals surface area contributed by atoms with Crippen LogP contribution in [0, 0.1) is 0 Å². The average molecular weight is 301 g/mol. The minimum absolute atomic E-state index is 0.210. The monoisotopic (exact) mass is 301 g/mol. The van der Waals surface area contributed by atoms with Gasteiger partial charge in [-0.2, -0.15) is 0 Å². The van der Waals surface area contributed by atoms with Crippen molar-refractivity contribution in [3.8, 4) is 5.75 Å². The lowest BCUT2D eigenvalue weighted by Gasteiger charge is -2.03. The Morgan fingerprint density at radius 1 is 1.20 bits per heavy atom. The van der Waals surface area contributed by atoms with Crippen LogP contribution in [0.5, 0.6) is 5.75 Å². The van der Waals surface area contributed by atoms with Crippen molar-refractivity contribution in [3.05, 3.63) is 42.0 Å². The van der Waals surface area contributed by atoms with E-state index in [2.05, 4.69) is 15.2 Å². The molecule has 0 spiro atoms. The maximum absolute atomic E-state index is 10.0. The lowest BCUT2D eigenvalue weighted by atomic mass is 10.0. The zero-order valence-corrected chi connectivity index (χ0v) is 12.3. The molecule has 0 aliphatic carbocycles. The number of thioether (sulfide) groups is 1. The molecule has 20 heavy (non-hydrogen) atoms. The van der Waals surface area contributed by atoms with Crippen molar-refractivity contribution in [2.75, 3.05) is 6.26 Å². The molecule has 100 valence electrons. The quantitative estimate of drug-likeness (QED) is 0.589. The van der Waals surface area contributed by atoms with Crippen LogP contribution >= 0.6 is 23.1 Å². The summed E-state index contributed by atoms with van der Waals surface area (Å²) in [6.45, 7) is 0. The summed E-state index contributed by atoms with van der Waals surface area (Å²) < 4.78 is 0.874. The van der Waals surface area contributed by atoms with Crippen LogP contribution in [0.2, 0.25) is 0 Å². The highest BCUT2D eigenvalue weighted by Crippen LogP contribution is 2.28. The van der Waals surface area contributed by atoms with E-state index in [1.807, 2.05) is 36.6 Å². The van der Waals surface area contributed by atoms with Gasteiger partial charge in [0.15, 0.2) is 4.34 Å². The summed E-state index contributed by atoms with van der Waals surface area (Å²) in [5.41, 5.74) is 0.698. The van der Waals surface area contributed by atoms with Gasteiger partial charge in [-0.3, -0.25) is 0 Å². The smallest absolute Gasteiger partial charge is 0.232 e. The van der Waals surface area contributed by atoms with Gasteiger partial charge in [0, 0.05) is 11.8 Å². The van der Waals surface area contributed by atoms with E-state index in [0.29, 0.717) is 10.7 Å². The fourth-order valence-electron chi connectivity index (χ4n) is 1.88. The van der Waals surface area contributed by atoms with Gasteiger partial charge in [-0.15, -0.1) is 10.2 Å². The van der Waals surface area contributed by atoms with E-state index in [9.17, 15) is 5.11 Å². The number of nitrogens with zero attached hydrogens (tertiary/aromatic N) is 3. The summed E-state index contributed by atoms with van der Waals surface area (Å²) in [6.07, 6.45) is 3.59. The zero-order chi connectivity index (χ0) is 13.9. The Labute approximate surface area is 124 Å². The van der Waals surface area contributed by atoms with Crippen molar-refractivity contribution in [1.29, 1.82) is 0 Å². The minimum Gasteiger partial charge on any atom is -0.507 e. The minimum atomic E-state index is 0.210. The van der Waals surface area contributed by atoms with Crippen molar-refractivity contribution in [2.45, 2.75) is 4.34 Å². The molecule has 3 aromatic rings. The molecule has 1 N–H and O–H groups in total. The summed E-state index contributed by atoms with van der Waals surface area (Å²) in [4.78, 5) is 4.30. The Morgan fingerprint density at radius 2 is 2.05 bits per heavy atom. The fraction of sp³-hybridized carbons (Fsp3) is 0.0714. The number of rotatable bonds is 3. The molecule has 0 fully saturated rings. The number of phenols is 1. The molecule has 2 aromatic carbocycles. The number of aromatic hydroxyl groups is 1. The third-order valence-electron chi connectivity index (χ3n) is 2.82. The number of hydrogen-bond donors (Lipinski definition) is 1. The number of aromatic nitrogens is 2. The number of benzene rings is 2. The molecule has 6 heteroatoms. The van der Waals surface area contributed by atoms with Crippen LogP contribution < -0.4 is 0 Å². The molecule has 0 atom stereocenters. The van der Waals surface area contributed by atoms with Gasteiger partial charge in [0.2, 0.25) is 5.13 Å². The molecular formula is C14H11N3OS2. The second kappa shape index (κ2) is 5.60. The highest BCUT2D eigenvalue weighted by atomic mass is 32.2. The van der Waals surface area contributed by atoms with Crippen LogP contribution in [-0.4, -0.2) is 27.8 Å². The molecule has 1 heterocycles. The van der Waals surface area contributed by atoms with Crippen molar-refractivity contribution in [1.82, 2.24) is 10.2 Å². The maximum atomic E-state index is 10.0. The molecule has 4 nitrogen and oxygen atoms in total. The third-order valence-corrected chi connectivity index (χ3v) is 4.63. The number of aliphatic imine (C=N–C) groups is 1. The van der Waals surface area contributed by atoms with E-state index < -0.39 is 0 Å². The first-order chi connectivity index (χ1) is 9.78. The first-order valence-corrected chi connectivity index (χ1v) is 7.94.